The number of aromatic amines is 1. The summed E-state index contributed by atoms with van der Waals surface area (Å²) in [4.78, 5) is 20.7. The lowest BCUT2D eigenvalue weighted by Crippen LogP contribution is -1.95. The minimum Gasteiger partial charge on any atom is -0.345 e. The predicted molar refractivity (Wildman–Crippen MR) is 101 cm³/mol. The molecule has 0 aliphatic carbocycles. The van der Waals surface area contributed by atoms with Gasteiger partial charge in [-0.3, -0.25) is 4.99 Å². The van der Waals surface area contributed by atoms with Crippen LogP contribution < -0.4 is 0 Å². The fraction of sp³-hybridized carbons (Fsp3) is 0.158. The first-order valence-electron chi connectivity index (χ1n) is 8.19. The molecule has 0 amide bonds. The van der Waals surface area contributed by atoms with Crippen molar-refractivity contribution in [2.75, 3.05) is 7.05 Å². The molecule has 6 nitrogen and oxygen atoms in total. The van der Waals surface area contributed by atoms with Gasteiger partial charge in [-0.15, -0.1) is 0 Å². The Hall–Kier alpha value is -3.28. The number of hydrogen-bond acceptors (Lipinski definition) is 4. The van der Waals surface area contributed by atoms with E-state index in [-0.39, 0.29) is 0 Å². The van der Waals surface area contributed by atoms with Crippen LogP contribution in [0.15, 0.2) is 54.3 Å². The standard InChI is InChI=1S/C19H18N6/c1-3-4-13(9-20-2)18-17-15(10-22-19(17)24-12-23-18)14-5-6-16-21-7-8-25(16)11-14/h4-12H,3H2,1-2H3,(H,22,23,24)/b13-4+,20-9?. The Labute approximate surface area is 145 Å². The molecular formula is C19H18N6. The van der Waals surface area contributed by atoms with Gasteiger partial charge in [0, 0.05) is 54.7 Å². The molecule has 0 unspecified atom stereocenters. The van der Waals surface area contributed by atoms with Gasteiger partial charge in [0.1, 0.15) is 17.6 Å². The highest BCUT2D eigenvalue weighted by molar-refractivity contribution is 6.15. The van der Waals surface area contributed by atoms with Crippen molar-refractivity contribution in [3.05, 3.63) is 55.0 Å². The number of fused-ring (bicyclic) bond motifs is 2. The third-order valence-corrected chi connectivity index (χ3v) is 4.14. The SMILES string of the molecule is CC/C=C(\C=NC)c1ncnc2[nH]cc(-c3ccc4nccn4c3)c12. The van der Waals surface area contributed by atoms with Crippen molar-refractivity contribution in [1.29, 1.82) is 0 Å². The van der Waals surface area contributed by atoms with E-state index >= 15 is 0 Å². The number of H-pyrrole nitrogens is 1. The summed E-state index contributed by atoms with van der Waals surface area (Å²) in [6.45, 7) is 2.10. The summed E-state index contributed by atoms with van der Waals surface area (Å²) in [5.41, 5.74) is 5.77. The molecule has 4 aromatic rings. The second-order valence-electron chi connectivity index (χ2n) is 5.71. The van der Waals surface area contributed by atoms with Gasteiger partial charge in [0.25, 0.3) is 0 Å². The molecular weight excluding hydrogens is 312 g/mol. The topological polar surface area (TPSA) is 71.2 Å². The maximum Gasteiger partial charge on any atom is 0.141 e. The van der Waals surface area contributed by atoms with Crippen LogP contribution in [0.5, 0.6) is 0 Å². The van der Waals surface area contributed by atoms with Crippen LogP contribution in [-0.2, 0) is 0 Å². The first-order valence-corrected chi connectivity index (χ1v) is 8.19. The number of aliphatic imine (C=N–C) groups is 1. The van der Waals surface area contributed by atoms with Gasteiger partial charge in [-0.2, -0.15) is 0 Å². The minimum absolute atomic E-state index is 0.817. The van der Waals surface area contributed by atoms with Gasteiger partial charge in [0.15, 0.2) is 0 Å². The van der Waals surface area contributed by atoms with Crippen LogP contribution in [-0.4, -0.2) is 37.6 Å². The highest BCUT2D eigenvalue weighted by Gasteiger charge is 2.15. The van der Waals surface area contributed by atoms with Gasteiger partial charge < -0.3 is 9.38 Å². The van der Waals surface area contributed by atoms with E-state index in [9.17, 15) is 0 Å². The average molecular weight is 330 g/mol. The number of nitrogens with one attached hydrogen (secondary N) is 1. The number of hydrogen-bond donors (Lipinski definition) is 1. The molecule has 124 valence electrons. The van der Waals surface area contributed by atoms with Crippen molar-refractivity contribution in [1.82, 2.24) is 24.3 Å². The van der Waals surface area contributed by atoms with Crippen LogP contribution in [0.3, 0.4) is 0 Å². The molecule has 0 spiro atoms. The highest BCUT2D eigenvalue weighted by atomic mass is 15.0. The summed E-state index contributed by atoms with van der Waals surface area (Å²) >= 11 is 0. The number of pyridine rings is 1. The lowest BCUT2D eigenvalue weighted by atomic mass is 10.0. The third kappa shape index (κ3) is 2.61. The number of allylic oxidation sites excluding steroid dienone is 2. The normalized spacial score (nSPS) is 12.6. The molecule has 0 aliphatic rings. The van der Waals surface area contributed by atoms with Crippen LogP contribution in [0.2, 0.25) is 0 Å². The van der Waals surface area contributed by atoms with Crippen molar-refractivity contribution in [3.8, 4) is 11.1 Å². The molecule has 1 N–H and O–H groups in total. The lowest BCUT2D eigenvalue weighted by molar-refractivity contribution is 1.17. The molecule has 4 rings (SSSR count). The number of imidazole rings is 1. The Morgan fingerprint density at radius 3 is 3.04 bits per heavy atom. The van der Waals surface area contributed by atoms with Crippen molar-refractivity contribution < 1.29 is 0 Å². The van der Waals surface area contributed by atoms with E-state index in [1.807, 2.05) is 29.1 Å². The smallest absolute Gasteiger partial charge is 0.141 e. The molecule has 4 heterocycles. The van der Waals surface area contributed by atoms with Crippen LogP contribution >= 0.6 is 0 Å². The fourth-order valence-corrected chi connectivity index (χ4v) is 3.06. The van der Waals surface area contributed by atoms with E-state index in [4.69, 9.17) is 0 Å². The monoisotopic (exact) mass is 330 g/mol. The van der Waals surface area contributed by atoms with Crippen molar-refractivity contribution in [2.24, 2.45) is 4.99 Å². The van der Waals surface area contributed by atoms with Gasteiger partial charge >= 0.3 is 0 Å². The van der Waals surface area contributed by atoms with Crippen LogP contribution in [0, 0.1) is 0 Å². The second kappa shape index (κ2) is 6.32. The Balaban J connectivity index is 1.97. The van der Waals surface area contributed by atoms with Gasteiger partial charge in [-0.1, -0.05) is 13.0 Å². The largest absolute Gasteiger partial charge is 0.345 e. The summed E-state index contributed by atoms with van der Waals surface area (Å²) in [7, 11) is 1.77. The highest BCUT2D eigenvalue weighted by Crippen LogP contribution is 2.32. The summed E-state index contributed by atoms with van der Waals surface area (Å²) in [5.74, 6) is 0. The second-order valence-corrected chi connectivity index (χ2v) is 5.71. The molecule has 0 radical (unpaired) electrons. The van der Waals surface area contributed by atoms with Crippen molar-refractivity contribution in [2.45, 2.75) is 13.3 Å². The molecule has 0 bridgehead atoms. The summed E-state index contributed by atoms with van der Waals surface area (Å²) in [6, 6.07) is 4.08. The van der Waals surface area contributed by atoms with Crippen molar-refractivity contribution in [3.63, 3.8) is 0 Å². The van der Waals surface area contributed by atoms with E-state index in [0.717, 1.165) is 45.5 Å². The summed E-state index contributed by atoms with van der Waals surface area (Å²) < 4.78 is 2.01. The van der Waals surface area contributed by atoms with E-state index in [1.54, 1.807) is 19.6 Å². The maximum atomic E-state index is 4.55. The summed E-state index contributed by atoms with van der Waals surface area (Å²) in [6.07, 6.45) is 14.3. The molecule has 0 atom stereocenters. The lowest BCUT2D eigenvalue weighted by Gasteiger charge is -2.06. The molecule has 0 saturated carbocycles. The zero-order valence-corrected chi connectivity index (χ0v) is 14.1. The summed E-state index contributed by atoms with van der Waals surface area (Å²) in [5, 5.41) is 1.00. The van der Waals surface area contributed by atoms with Crippen LogP contribution in [0.25, 0.3) is 33.4 Å². The zero-order chi connectivity index (χ0) is 17.2. The Kier molecular flexibility index (Phi) is 3.85. The molecule has 4 aromatic heterocycles. The molecule has 25 heavy (non-hydrogen) atoms. The van der Waals surface area contributed by atoms with Gasteiger partial charge in [-0.25, -0.2) is 15.0 Å². The Morgan fingerprint density at radius 1 is 1.28 bits per heavy atom. The molecule has 0 aromatic carbocycles. The number of aromatic nitrogens is 5. The Bertz CT molecular complexity index is 1100. The number of nitrogens with zero attached hydrogens (tertiary/aromatic N) is 5. The zero-order valence-electron chi connectivity index (χ0n) is 14.1. The number of rotatable bonds is 4. The predicted octanol–water partition coefficient (Wildman–Crippen LogP) is 3.77. The molecule has 0 saturated heterocycles. The average Bonchev–Trinajstić information content (AvgIpc) is 3.27. The fourth-order valence-electron chi connectivity index (χ4n) is 3.06. The van der Waals surface area contributed by atoms with Gasteiger partial charge in [0.2, 0.25) is 0 Å². The van der Waals surface area contributed by atoms with Crippen LogP contribution in [0.1, 0.15) is 19.0 Å². The molecule has 6 heteroatoms. The Morgan fingerprint density at radius 2 is 2.20 bits per heavy atom. The third-order valence-electron chi connectivity index (χ3n) is 4.14. The van der Waals surface area contributed by atoms with E-state index in [1.165, 1.54) is 0 Å². The molecule has 0 fully saturated rings. The van der Waals surface area contributed by atoms with Gasteiger partial charge in [0.05, 0.1) is 11.1 Å². The van der Waals surface area contributed by atoms with E-state index < -0.39 is 0 Å². The molecule has 0 aliphatic heterocycles. The van der Waals surface area contributed by atoms with E-state index in [2.05, 4.69) is 50.2 Å². The van der Waals surface area contributed by atoms with Gasteiger partial charge in [-0.05, 0) is 18.6 Å². The first kappa shape index (κ1) is 15.3. The van der Waals surface area contributed by atoms with Crippen molar-refractivity contribution >= 4 is 28.5 Å². The first-order chi connectivity index (χ1) is 12.3. The van der Waals surface area contributed by atoms with Crippen LogP contribution in [0.4, 0.5) is 0 Å². The van der Waals surface area contributed by atoms with E-state index in [0.29, 0.717) is 0 Å². The minimum atomic E-state index is 0.817. The quantitative estimate of drug-likeness (QED) is 0.579. The maximum absolute atomic E-state index is 4.55.